The minimum Gasteiger partial charge on any atom is -0.504 e. The van der Waals surface area contributed by atoms with Gasteiger partial charge in [-0.2, -0.15) is 5.26 Å². The zero-order valence-corrected chi connectivity index (χ0v) is 28.3. The van der Waals surface area contributed by atoms with Crippen LogP contribution < -0.4 is 15.4 Å². The number of rotatable bonds is 6. The lowest BCUT2D eigenvalue weighted by atomic mass is 9.69. The van der Waals surface area contributed by atoms with Crippen LogP contribution in [-0.4, -0.2) is 102 Å². The number of benzene rings is 1. The zero-order chi connectivity index (χ0) is 34.7. The van der Waals surface area contributed by atoms with Crippen LogP contribution >= 0.6 is 0 Å². The Bertz CT molecular complexity index is 1650. The van der Waals surface area contributed by atoms with E-state index in [-0.39, 0.29) is 47.4 Å². The average molecular weight is 650 g/mol. The average Bonchev–Trinajstić information content (AvgIpc) is 2.98. The molecule has 4 aliphatic rings. The van der Waals surface area contributed by atoms with E-state index in [0.29, 0.717) is 23.3 Å². The number of alkyl carbamates (subject to hydrolysis) is 1. The van der Waals surface area contributed by atoms with Crippen LogP contribution in [0, 0.1) is 18.3 Å². The Labute approximate surface area is 274 Å². The zero-order valence-electron chi connectivity index (χ0n) is 28.3. The van der Waals surface area contributed by atoms with E-state index in [1.807, 2.05) is 24.9 Å². The number of phenols is 1. The van der Waals surface area contributed by atoms with Crippen molar-refractivity contribution < 1.29 is 38.5 Å². The second-order valence-corrected chi connectivity index (χ2v) is 13.7. The highest BCUT2D eigenvalue weighted by Gasteiger charge is 2.58. The number of aromatic hydroxyl groups is 1. The van der Waals surface area contributed by atoms with Gasteiger partial charge in [-0.3, -0.25) is 24.2 Å². The number of methoxy groups -OCH3 is 2. The maximum absolute atomic E-state index is 14.0. The van der Waals surface area contributed by atoms with Gasteiger partial charge in [0.05, 0.1) is 32.4 Å². The molecule has 3 heterocycles. The van der Waals surface area contributed by atoms with Gasteiger partial charge in [0, 0.05) is 40.9 Å². The number of carbonyl (C=O) groups is 4. The number of carbonyl (C=O) groups excluding carboxylic acids is 4. The van der Waals surface area contributed by atoms with Crippen LogP contribution in [0.4, 0.5) is 4.79 Å². The van der Waals surface area contributed by atoms with Gasteiger partial charge in [0.2, 0.25) is 11.7 Å². The number of hydrogen-bond acceptors (Lipinski definition) is 11. The highest BCUT2D eigenvalue weighted by atomic mass is 16.6. The van der Waals surface area contributed by atoms with E-state index in [2.05, 4.69) is 21.6 Å². The molecule has 2 amide bonds. The first-order valence-corrected chi connectivity index (χ1v) is 15.7. The molecule has 252 valence electrons. The fraction of sp³-hybridized carbons (Fsp3) is 0.559. The van der Waals surface area contributed by atoms with Crippen LogP contribution in [0.2, 0.25) is 0 Å². The maximum Gasteiger partial charge on any atom is 0.408 e. The highest BCUT2D eigenvalue weighted by molar-refractivity contribution is 6.25. The summed E-state index contributed by atoms with van der Waals surface area (Å²) < 4.78 is 16.2. The summed E-state index contributed by atoms with van der Waals surface area (Å²) in [5.41, 5.74) is 2.20. The molecule has 1 aromatic rings. The van der Waals surface area contributed by atoms with Crippen molar-refractivity contribution in [3.05, 3.63) is 45.2 Å². The maximum atomic E-state index is 14.0. The molecule has 5 rings (SSSR count). The van der Waals surface area contributed by atoms with Gasteiger partial charge in [0.15, 0.2) is 23.0 Å². The quantitative estimate of drug-likeness (QED) is 0.387. The molecule has 3 N–H and O–H groups in total. The van der Waals surface area contributed by atoms with Crippen LogP contribution in [0.25, 0.3) is 0 Å². The van der Waals surface area contributed by atoms with Gasteiger partial charge in [-0.05, 0) is 72.6 Å². The second-order valence-electron chi connectivity index (χ2n) is 13.7. The van der Waals surface area contributed by atoms with E-state index < -0.39 is 53.6 Å². The number of allylic oxidation sites excluding steroid dienone is 2. The molecule has 6 atom stereocenters. The first kappa shape index (κ1) is 33.9. The van der Waals surface area contributed by atoms with Crippen molar-refractivity contribution in [2.45, 2.75) is 96.2 Å². The van der Waals surface area contributed by atoms with Gasteiger partial charge in [-0.25, -0.2) is 4.79 Å². The lowest BCUT2D eigenvalue weighted by Gasteiger charge is -2.60. The number of aryl methyl sites for hydroxylation is 1. The fourth-order valence-corrected chi connectivity index (χ4v) is 7.71. The Balaban J connectivity index is 1.59. The number of piperazine rings is 1. The van der Waals surface area contributed by atoms with Crippen molar-refractivity contribution in [3.8, 4) is 17.6 Å². The number of phenolic OH excluding ortho intramolecular Hbond substituents is 1. The van der Waals surface area contributed by atoms with Crippen molar-refractivity contribution in [1.29, 1.82) is 5.26 Å². The van der Waals surface area contributed by atoms with Crippen molar-refractivity contribution in [1.82, 2.24) is 20.4 Å². The summed E-state index contributed by atoms with van der Waals surface area (Å²) in [7, 11) is 4.72. The normalized spacial score (nSPS) is 26.4. The Morgan fingerprint density at radius 2 is 1.81 bits per heavy atom. The number of nitriles is 1. The van der Waals surface area contributed by atoms with Crippen molar-refractivity contribution in [2.75, 3.05) is 27.8 Å². The monoisotopic (exact) mass is 649 g/mol. The Morgan fingerprint density at radius 3 is 2.40 bits per heavy atom. The molecule has 1 aliphatic carbocycles. The third kappa shape index (κ3) is 5.63. The Morgan fingerprint density at radius 1 is 1.13 bits per heavy atom. The van der Waals surface area contributed by atoms with E-state index in [0.717, 1.165) is 11.1 Å². The standard InChI is InChI=1S/C34H43N5O8/c1-15-10-18-11-20-22(13-35)39-21(26(38(20)7)24(18)28(41)30(15)45-8)12-19-25(29(42)31(46-9)16(2)27(19)40)23(39)14-36-32(43)17(3)37-33(44)47-34(4,5)6/h10,17,20-23,26,41H,11-12,14H2,1-9H3,(H,36,43)(H,37,44)/t17-,20-,21?,22-,23-,26-/m0/s1. The fourth-order valence-electron chi connectivity index (χ4n) is 7.71. The predicted octanol–water partition coefficient (Wildman–Crippen LogP) is 2.35. The SMILES string of the molecule is COC1=C(C)C(=O)C2=C(C1=O)[C@H](CNC(=O)[C@H](C)NC(=O)OC(C)(C)C)N1C(C2)[C@H]2c3c(cc(C)c(OC)c3O)C[C@@H]([C@@H]1C#N)N2C. The number of likely N-dealkylation sites (N-methyl/N-ethyl adjacent to an activating group) is 1. The number of amides is 2. The molecule has 0 aromatic heterocycles. The number of ether oxygens (including phenoxy) is 3. The molecule has 13 heteroatoms. The molecule has 1 fully saturated rings. The van der Waals surface area contributed by atoms with E-state index in [9.17, 15) is 29.5 Å². The summed E-state index contributed by atoms with van der Waals surface area (Å²) in [5, 5.41) is 27.6. The van der Waals surface area contributed by atoms with Gasteiger partial charge in [0.25, 0.3) is 0 Å². The molecule has 2 bridgehead atoms. The third-order valence-electron chi connectivity index (χ3n) is 9.66. The summed E-state index contributed by atoms with van der Waals surface area (Å²) in [4.78, 5) is 57.5. The molecule has 3 aliphatic heterocycles. The minimum absolute atomic E-state index is 0.00335. The first-order chi connectivity index (χ1) is 22.1. The van der Waals surface area contributed by atoms with Gasteiger partial charge in [-0.15, -0.1) is 0 Å². The topological polar surface area (TPSA) is 171 Å². The van der Waals surface area contributed by atoms with Crippen LogP contribution in [0.5, 0.6) is 11.5 Å². The van der Waals surface area contributed by atoms with E-state index >= 15 is 0 Å². The summed E-state index contributed by atoms with van der Waals surface area (Å²) >= 11 is 0. The molecular formula is C34H43N5O8. The van der Waals surface area contributed by atoms with Gasteiger partial charge < -0.3 is 30.0 Å². The van der Waals surface area contributed by atoms with E-state index in [1.54, 1.807) is 27.7 Å². The summed E-state index contributed by atoms with van der Waals surface area (Å²) in [6, 6.07) is 0.472. The molecule has 0 saturated carbocycles. The Hall–Kier alpha value is -4.41. The van der Waals surface area contributed by atoms with Crippen molar-refractivity contribution in [3.63, 3.8) is 0 Å². The third-order valence-corrected chi connectivity index (χ3v) is 9.66. The molecular weight excluding hydrogens is 606 g/mol. The number of nitrogens with zero attached hydrogens (tertiary/aromatic N) is 3. The van der Waals surface area contributed by atoms with Crippen molar-refractivity contribution in [2.24, 2.45) is 0 Å². The molecule has 0 spiro atoms. The van der Waals surface area contributed by atoms with Crippen molar-refractivity contribution >= 4 is 23.6 Å². The number of ketones is 2. The Kier molecular flexibility index (Phi) is 8.89. The summed E-state index contributed by atoms with van der Waals surface area (Å²) in [6.45, 7) is 9.90. The van der Waals surface area contributed by atoms with Crippen LogP contribution in [-0.2, 0) is 30.3 Å². The molecule has 0 radical (unpaired) electrons. The smallest absolute Gasteiger partial charge is 0.408 e. The van der Waals surface area contributed by atoms with Gasteiger partial charge >= 0.3 is 6.09 Å². The van der Waals surface area contributed by atoms with E-state index in [1.165, 1.54) is 21.1 Å². The van der Waals surface area contributed by atoms with Crippen LogP contribution in [0.1, 0.15) is 63.8 Å². The number of nitrogens with one attached hydrogen (secondary N) is 2. The van der Waals surface area contributed by atoms with Gasteiger partial charge in [-0.1, -0.05) is 6.07 Å². The number of Topliss-reactive ketones (excluding diaryl/α,β-unsaturated/α-hetero) is 2. The number of hydrogen-bond donors (Lipinski definition) is 3. The molecule has 1 aromatic carbocycles. The minimum atomic E-state index is -0.990. The molecule has 1 unspecified atom stereocenters. The molecule has 1 saturated heterocycles. The van der Waals surface area contributed by atoms with E-state index in [4.69, 9.17) is 14.2 Å². The molecule has 13 nitrogen and oxygen atoms in total. The predicted molar refractivity (Wildman–Crippen MR) is 169 cm³/mol. The molecule has 47 heavy (non-hydrogen) atoms. The summed E-state index contributed by atoms with van der Waals surface area (Å²) in [6.07, 6.45) is -0.189. The summed E-state index contributed by atoms with van der Waals surface area (Å²) in [5.74, 6) is -1.08. The first-order valence-electron chi connectivity index (χ1n) is 15.7. The lowest BCUT2D eigenvalue weighted by molar-refractivity contribution is -0.125. The second kappa shape index (κ2) is 12.3. The van der Waals surface area contributed by atoms with Crippen LogP contribution in [0.15, 0.2) is 28.5 Å². The number of fused-ring (bicyclic) bond motifs is 6. The van der Waals surface area contributed by atoms with Gasteiger partial charge in [0.1, 0.15) is 17.7 Å². The largest absolute Gasteiger partial charge is 0.504 e. The highest BCUT2D eigenvalue weighted by Crippen LogP contribution is 2.53. The van der Waals surface area contributed by atoms with Crippen LogP contribution in [0.3, 0.4) is 0 Å². The lowest BCUT2D eigenvalue weighted by Crippen LogP contribution is -2.71.